The number of likely N-dealkylation sites (N-methyl/N-ethyl adjacent to an activating group) is 1. The Labute approximate surface area is 116 Å². The monoisotopic (exact) mass is 262 g/mol. The standard InChI is InChI=1S/C16H26N2O/c1-4-18(2)10-9-17-15-7-5-13-6-8-16(19-3)12-14(13)11-15/h6,8,12,15,17H,4-5,7,9-11H2,1-3H3. The van der Waals surface area contributed by atoms with Crippen LogP contribution in [-0.4, -0.2) is 44.7 Å². The number of fused-ring (bicyclic) bond motifs is 1. The van der Waals surface area contributed by atoms with Crippen LogP contribution in [0.15, 0.2) is 18.2 Å². The summed E-state index contributed by atoms with van der Waals surface area (Å²) < 4.78 is 5.32. The Bertz CT molecular complexity index is 406. The van der Waals surface area contributed by atoms with Crippen molar-refractivity contribution in [3.63, 3.8) is 0 Å². The molecular weight excluding hydrogens is 236 g/mol. The van der Waals surface area contributed by atoms with Gasteiger partial charge in [0.05, 0.1) is 7.11 Å². The van der Waals surface area contributed by atoms with Gasteiger partial charge in [-0.25, -0.2) is 0 Å². The second kappa shape index (κ2) is 6.92. The topological polar surface area (TPSA) is 24.5 Å². The van der Waals surface area contributed by atoms with E-state index in [1.54, 1.807) is 7.11 Å². The molecule has 1 unspecified atom stereocenters. The summed E-state index contributed by atoms with van der Waals surface area (Å²) in [6, 6.07) is 7.10. The summed E-state index contributed by atoms with van der Waals surface area (Å²) in [6.07, 6.45) is 3.55. The Morgan fingerprint density at radius 1 is 1.37 bits per heavy atom. The molecule has 0 spiro atoms. The van der Waals surface area contributed by atoms with E-state index in [1.807, 2.05) is 0 Å². The van der Waals surface area contributed by atoms with Crippen molar-refractivity contribution in [2.75, 3.05) is 33.8 Å². The van der Waals surface area contributed by atoms with E-state index >= 15 is 0 Å². The molecule has 19 heavy (non-hydrogen) atoms. The fourth-order valence-electron chi connectivity index (χ4n) is 2.65. The molecule has 0 amide bonds. The van der Waals surface area contributed by atoms with Crippen LogP contribution in [0.4, 0.5) is 0 Å². The first-order valence-corrected chi connectivity index (χ1v) is 7.30. The maximum absolute atomic E-state index is 5.32. The molecule has 1 N–H and O–H groups in total. The third kappa shape index (κ3) is 3.95. The third-order valence-electron chi connectivity index (χ3n) is 4.11. The first kappa shape index (κ1) is 14.4. The fraction of sp³-hybridized carbons (Fsp3) is 0.625. The highest BCUT2D eigenvalue weighted by molar-refractivity contribution is 5.37. The van der Waals surface area contributed by atoms with Crippen LogP contribution in [0.3, 0.4) is 0 Å². The summed E-state index contributed by atoms with van der Waals surface area (Å²) in [7, 11) is 3.91. The largest absolute Gasteiger partial charge is 0.497 e. The normalized spacial score (nSPS) is 18.4. The molecule has 3 nitrogen and oxygen atoms in total. The number of methoxy groups -OCH3 is 1. The lowest BCUT2D eigenvalue weighted by Gasteiger charge is -2.27. The molecule has 0 saturated carbocycles. The summed E-state index contributed by atoms with van der Waals surface area (Å²) in [6.45, 7) is 5.52. The maximum Gasteiger partial charge on any atom is 0.119 e. The summed E-state index contributed by atoms with van der Waals surface area (Å²) in [5, 5.41) is 3.68. The first-order valence-electron chi connectivity index (χ1n) is 7.30. The van der Waals surface area contributed by atoms with Gasteiger partial charge in [-0.2, -0.15) is 0 Å². The molecule has 106 valence electrons. The van der Waals surface area contributed by atoms with Crippen LogP contribution < -0.4 is 10.1 Å². The van der Waals surface area contributed by atoms with E-state index < -0.39 is 0 Å². The molecule has 1 atom stereocenters. The number of nitrogens with one attached hydrogen (secondary N) is 1. The number of hydrogen-bond acceptors (Lipinski definition) is 3. The number of nitrogens with zero attached hydrogens (tertiary/aromatic N) is 1. The number of benzene rings is 1. The van der Waals surface area contributed by atoms with Gasteiger partial charge < -0.3 is 15.0 Å². The molecule has 0 fully saturated rings. The van der Waals surface area contributed by atoms with Crippen LogP contribution in [0.2, 0.25) is 0 Å². The molecule has 0 bridgehead atoms. The summed E-state index contributed by atoms with van der Waals surface area (Å²) in [4.78, 5) is 2.34. The molecule has 0 saturated heterocycles. The number of hydrogen-bond donors (Lipinski definition) is 1. The number of rotatable bonds is 6. The first-order chi connectivity index (χ1) is 9.22. The number of ether oxygens (including phenoxy) is 1. The van der Waals surface area contributed by atoms with E-state index in [1.165, 1.54) is 24.0 Å². The van der Waals surface area contributed by atoms with E-state index in [2.05, 4.69) is 42.4 Å². The second-order valence-corrected chi connectivity index (χ2v) is 5.42. The zero-order valence-corrected chi connectivity index (χ0v) is 12.4. The molecular formula is C16H26N2O. The van der Waals surface area contributed by atoms with E-state index in [9.17, 15) is 0 Å². The highest BCUT2D eigenvalue weighted by atomic mass is 16.5. The molecule has 1 aromatic rings. The molecule has 0 aliphatic heterocycles. The van der Waals surface area contributed by atoms with Crippen molar-refractivity contribution in [3.05, 3.63) is 29.3 Å². The van der Waals surface area contributed by atoms with Crippen LogP contribution in [0, 0.1) is 0 Å². The van der Waals surface area contributed by atoms with Gasteiger partial charge >= 0.3 is 0 Å². The van der Waals surface area contributed by atoms with Crippen molar-refractivity contribution in [1.82, 2.24) is 10.2 Å². The highest BCUT2D eigenvalue weighted by Gasteiger charge is 2.18. The van der Waals surface area contributed by atoms with Gasteiger partial charge in [0.15, 0.2) is 0 Å². The van der Waals surface area contributed by atoms with Crippen molar-refractivity contribution in [2.24, 2.45) is 0 Å². The lowest BCUT2D eigenvalue weighted by Crippen LogP contribution is -2.39. The Hall–Kier alpha value is -1.06. The lowest BCUT2D eigenvalue weighted by atomic mass is 9.88. The Morgan fingerprint density at radius 2 is 2.21 bits per heavy atom. The zero-order valence-electron chi connectivity index (χ0n) is 12.4. The average molecular weight is 262 g/mol. The third-order valence-corrected chi connectivity index (χ3v) is 4.11. The molecule has 1 aliphatic carbocycles. The minimum Gasteiger partial charge on any atom is -0.497 e. The van der Waals surface area contributed by atoms with Crippen molar-refractivity contribution in [2.45, 2.75) is 32.2 Å². The van der Waals surface area contributed by atoms with E-state index in [0.29, 0.717) is 6.04 Å². The predicted molar refractivity (Wildman–Crippen MR) is 80.0 cm³/mol. The van der Waals surface area contributed by atoms with Crippen molar-refractivity contribution >= 4 is 0 Å². The van der Waals surface area contributed by atoms with Crippen LogP contribution in [0.5, 0.6) is 5.75 Å². The maximum atomic E-state index is 5.32. The quantitative estimate of drug-likeness (QED) is 0.849. The van der Waals surface area contributed by atoms with Gasteiger partial charge in [-0.1, -0.05) is 13.0 Å². The molecule has 0 heterocycles. The van der Waals surface area contributed by atoms with E-state index in [4.69, 9.17) is 4.74 Å². The minimum absolute atomic E-state index is 0.616. The van der Waals surface area contributed by atoms with E-state index in [-0.39, 0.29) is 0 Å². The molecule has 3 heteroatoms. The fourth-order valence-corrected chi connectivity index (χ4v) is 2.65. The van der Waals surface area contributed by atoms with Gasteiger partial charge in [0.1, 0.15) is 5.75 Å². The molecule has 2 rings (SSSR count). The second-order valence-electron chi connectivity index (χ2n) is 5.42. The Balaban J connectivity index is 1.86. The van der Waals surface area contributed by atoms with Gasteiger partial charge in [0.2, 0.25) is 0 Å². The highest BCUT2D eigenvalue weighted by Crippen LogP contribution is 2.25. The number of aryl methyl sites for hydroxylation is 1. The zero-order chi connectivity index (χ0) is 13.7. The van der Waals surface area contributed by atoms with E-state index in [0.717, 1.165) is 31.8 Å². The molecule has 1 aliphatic rings. The molecule has 0 radical (unpaired) electrons. The molecule has 1 aromatic carbocycles. The SMILES string of the molecule is CCN(C)CCNC1CCc2ccc(OC)cc2C1. The summed E-state index contributed by atoms with van der Waals surface area (Å²) >= 11 is 0. The summed E-state index contributed by atoms with van der Waals surface area (Å²) in [5.41, 5.74) is 2.94. The van der Waals surface area contributed by atoms with Gasteiger partial charge in [-0.05, 0) is 56.1 Å². The smallest absolute Gasteiger partial charge is 0.119 e. The van der Waals surface area contributed by atoms with Crippen molar-refractivity contribution < 1.29 is 4.74 Å². The van der Waals surface area contributed by atoms with Gasteiger partial charge in [-0.15, -0.1) is 0 Å². The van der Waals surface area contributed by atoms with Gasteiger partial charge in [-0.3, -0.25) is 0 Å². The van der Waals surface area contributed by atoms with Gasteiger partial charge in [0.25, 0.3) is 0 Å². The van der Waals surface area contributed by atoms with Crippen LogP contribution in [0.25, 0.3) is 0 Å². The average Bonchev–Trinajstić information content (AvgIpc) is 2.46. The van der Waals surface area contributed by atoms with Crippen LogP contribution in [0.1, 0.15) is 24.5 Å². The van der Waals surface area contributed by atoms with Crippen molar-refractivity contribution in [3.8, 4) is 5.75 Å². The molecule has 0 aromatic heterocycles. The van der Waals surface area contributed by atoms with Crippen LogP contribution in [-0.2, 0) is 12.8 Å². The predicted octanol–water partition coefficient (Wildman–Crippen LogP) is 2.09. The van der Waals surface area contributed by atoms with Gasteiger partial charge in [0, 0.05) is 19.1 Å². The summed E-state index contributed by atoms with van der Waals surface area (Å²) in [5.74, 6) is 0.977. The van der Waals surface area contributed by atoms with Crippen LogP contribution >= 0.6 is 0 Å². The minimum atomic E-state index is 0.616. The lowest BCUT2D eigenvalue weighted by molar-refractivity contribution is 0.333. The van der Waals surface area contributed by atoms with Crippen molar-refractivity contribution in [1.29, 1.82) is 0 Å². The Kier molecular flexibility index (Phi) is 5.23. The Morgan fingerprint density at radius 3 is 2.95 bits per heavy atom.